The Morgan fingerprint density at radius 1 is 1.12 bits per heavy atom. The summed E-state index contributed by atoms with van der Waals surface area (Å²) in [6.45, 7) is 0.116. The van der Waals surface area contributed by atoms with E-state index in [1.54, 1.807) is 18.2 Å². The van der Waals surface area contributed by atoms with Crippen LogP contribution in [0.2, 0.25) is 10.0 Å². The van der Waals surface area contributed by atoms with E-state index < -0.39 is 17.5 Å². The van der Waals surface area contributed by atoms with Gasteiger partial charge in [-0.1, -0.05) is 29.3 Å². The number of furan rings is 1. The lowest BCUT2D eigenvalue weighted by atomic mass is 10.2. The second-order valence-corrected chi connectivity index (χ2v) is 7.36. The zero-order chi connectivity index (χ0) is 22.7. The zero-order valence-electron chi connectivity index (χ0n) is 16.2. The number of rotatable bonds is 7. The molecule has 0 saturated heterocycles. The topological polar surface area (TPSA) is 82.2 Å². The first-order valence-electron chi connectivity index (χ1n) is 9.19. The first-order valence-corrected chi connectivity index (χ1v) is 9.95. The molecule has 0 aliphatic carbocycles. The summed E-state index contributed by atoms with van der Waals surface area (Å²) in [5.41, 5.74) is 0.673. The number of nitrogens with one attached hydrogen (secondary N) is 1. The third kappa shape index (κ3) is 5.06. The van der Waals surface area contributed by atoms with Gasteiger partial charge in [0.1, 0.15) is 24.5 Å². The Hall–Kier alpha value is -3.43. The van der Waals surface area contributed by atoms with E-state index in [9.17, 15) is 13.6 Å². The molecule has 0 aliphatic heterocycles. The number of anilines is 1. The molecule has 2 aromatic carbocycles. The van der Waals surface area contributed by atoms with Gasteiger partial charge in [0.25, 0.3) is 5.91 Å². The van der Waals surface area contributed by atoms with Crippen LogP contribution >= 0.6 is 23.2 Å². The lowest BCUT2D eigenvalue weighted by molar-refractivity contribution is 0.0991. The molecule has 32 heavy (non-hydrogen) atoms. The maximum atomic E-state index is 13.6. The summed E-state index contributed by atoms with van der Waals surface area (Å²) in [5, 5.41) is 7.66. The molecule has 2 aromatic heterocycles. The lowest BCUT2D eigenvalue weighted by Gasteiger charge is -2.06. The van der Waals surface area contributed by atoms with Crippen LogP contribution in [0.15, 0.2) is 59.3 Å². The molecule has 0 unspecified atom stereocenters. The van der Waals surface area contributed by atoms with Crippen molar-refractivity contribution < 1.29 is 22.7 Å². The summed E-state index contributed by atoms with van der Waals surface area (Å²) < 4.78 is 38.7. The van der Waals surface area contributed by atoms with E-state index in [1.165, 1.54) is 29.2 Å². The number of ether oxygens (including phenoxy) is 1. The first-order chi connectivity index (χ1) is 15.4. The van der Waals surface area contributed by atoms with Crippen LogP contribution in [0.4, 0.5) is 14.7 Å². The number of halogens is 4. The van der Waals surface area contributed by atoms with Gasteiger partial charge in [-0.2, -0.15) is 0 Å². The number of hydrogen-bond acceptors (Lipinski definition) is 5. The van der Waals surface area contributed by atoms with Crippen LogP contribution in [-0.4, -0.2) is 20.7 Å². The van der Waals surface area contributed by atoms with Crippen molar-refractivity contribution in [1.29, 1.82) is 0 Å². The fourth-order valence-corrected chi connectivity index (χ4v) is 3.27. The molecule has 1 N–H and O–H groups in total. The van der Waals surface area contributed by atoms with Crippen molar-refractivity contribution in [3.63, 3.8) is 0 Å². The van der Waals surface area contributed by atoms with Gasteiger partial charge in [-0.05, 0) is 36.4 Å². The summed E-state index contributed by atoms with van der Waals surface area (Å²) in [5.74, 6) is -1.97. The highest BCUT2D eigenvalue weighted by Crippen LogP contribution is 2.25. The van der Waals surface area contributed by atoms with Crippen molar-refractivity contribution in [2.45, 2.75) is 13.2 Å². The number of amides is 1. The second-order valence-electron chi connectivity index (χ2n) is 6.55. The van der Waals surface area contributed by atoms with E-state index in [0.29, 0.717) is 21.7 Å². The maximum Gasteiger partial charge on any atom is 0.293 e. The minimum atomic E-state index is -0.839. The number of carbonyl (C=O) groups excluding carboxylic acids is 1. The fourth-order valence-electron chi connectivity index (χ4n) is 2.76. The Morgan fingerprint density at radius 2 is 1.91 bits per heavy atom. The van der Waals surface area contributed by atoms with E-state index in [1.807, 2.05) is 0 Å². The summed E-state index contributed by atoms with van der Waals surface area (Å²) in [7, 11) is 0. The summed E-state index contributed by atoms with van der Waals surface area (Å²) in [6.07, 6.45) is 1.42. The highest BCUT2D eigenvalue weighted by Gasteiger charge is 2.15. The van der Waals surface area contributed by atoms with Gasteiger partial charge in [0.15, 0.2) is 17.3 Å². The van der Waals surface area contributed by atoms with Crippen molar-refractivity contribution in [1.82, 2.24) is 14.8 Å². The number of benzene rings is 2. The predicted octanol–water partition coefficient (Wildman–Crippen LogP) is 5.34. The molecule has 4 rings (SSSR count). The molecule has 2 heterocycles. The SMILES string of the molecule is O=C(Nc1ncn(Cc2c(Cl)cccc2Cl)n1)c1ccc(COc2ccc(F)cc2F)o1. The van der Waals surface area contributed by atoms with Crippen LogP contribution in [0.5, 0.6) is 5.75 Å². The predicted molar refractivity (Wildman–Crippen MR) is 113 cm³/mol. The minimum Gasteiger partial charge on any atom is -0.483 e. The van der Waals surface area contributed by atoms with E-state index in [4.69, 9.17) is 32.4 Å². The summed E-state index contributed by atoms with van der Waals surface area (Å²) in [6, 6.07) is 11.0. The van der Waals surface area contributed by atoms with Crippen LogP contribution in [-0.2, 0) is 13.2 Å². The van der Waals surface area contributed by atoms with Crippen LogP contribution < -0.4 is 10.1 Å². The van der Waals surface area contributed by atoms with Gasteiger partial charge in [0, 0.05) is 21.7 Å². The van der Waals surface area contributed by atoms with Crippen molar-refractivity contribution in [3.05, 3.63) is 93.6 Å². The highest BCUT2D eigenvalue weighted by molar-refractivity contribution is 6.35. The molecule has 1 amide bonds. The Morgan fingerprint density at radius 3 is 2.66 bits per heavy atom. The molecule has 0 fully saturated rings. The molecular weight excluding hydrogens is 465 g/mol. The van der Waals surface area contributed by atoms with E-state index in [0.717, 1.165) is 6.07 Å². The molecule has 0 aliphatic rings. The average Bonchev–Trinajstić information content (AvgIpc) is 3.40. The number of aromatic nitrogens is 3. The van der Waals surface area contributed by atoms with Crippen molar-refractivity contribution in [2.75, 3.05) is 5.32 Å². The van der Waals surface area contributed by atoms with E-state index in [2.05, 4.69) is 15.4 Å². The second kappa shape index (κ2) is 9.37. The van der Waals surface area contributed by atoms with Gasteiger partial charge in [-0.3, -0.25) is 10.1 Å². The monoisotopic (exact) mass is 478 g/mol. The molecule has 0 spiro atoms. The Bertz CT molecular complexity index is 1260. The normalized spacial score (nSPS) is 10.9. The van der Waals surface area contributed by atoms with Crippen LogP contribution in [0.3, 0.4) is 0 Å². The zero-order valence-corrected chi connectivity index (χ0v) is 17.7. The minimum absolute atomic E-state index is 0.0197. The third-order valence-electron chi connectivity index (χ3n) is 4.29. The molecule has 0 bridgehead atoms. The standard InChI is InChI=1S/C21H14Cl2F2N4O3/c22-15-2-1-3-16(23)14(15)9-29-11-26-21(28-29)27-20(30)19-7-5-13(32-19)10-31-18-6-4-12(24)8-17(18)25/h1-8,11H,9-10H2,(H,27,28,30). The van der Waals surface area contributed by atoms with Gasteiger partial charge in [-0.25, -0.2) is 18.4 Å². The number of carbonyl (C=O) groups is 1. The quantitative estimate of drug-likeness (QED) is 0.387. The Kier molecular flexibility index (Phi) is 6.38. The van der Waals surface area contributed by atoms with Crippen LogP contribution in [0, 0.1) is 11.6 Å². The van der Waals surface area contributed by atoms with E-state index in [-0.39, 0.29) is 36.4 Å². The van der Waals surface area contributed by atoms with Crippen molar-refractivity contribution in [2.24, 2.45) is 0 Å². The lowest BCUT2D eigenvalue weighted by Crippen LogP contribution is -2.12. The van der Waals surface area contributed by atoms with Gasteiger partial charge < -0.3 is 9.15 Å². The molecule has 0 saturated carbocycles. The molecule has 0 radical (unpaired) electrons. The first kappa shape index (κ1) is 21.8. The van der Waals surface area contributed by atoms with Gasteiger partial charge in [0.05, 0.1) is 6.54 Å². The van der Waals surface area contributed by atoms with Gasteiger partial charge in [-0.15, -0.1) is 5.10 Å². The smallest absolute Gasteiger partial charge is 0.293 e. The molecular formula is C21H14Cl2F2N4O3. The third-order valence-corrected chi connectivity index (χ3v) is 5.00. The fraction of sp³-hybridized carbons (Fsp3) is 0.0952. The molecule has 0 atom stereocenters. The van der Waals surface area contributed by atoms with Gasteiger partial charge in [0.2, 0.25) is 5.95 Å². The average molecular weight is 479 g/mol. The molecule has 11 heteroatoms. The van der Waals surface area contributed by atoms with Gasteiger partial charge >= 0.3 is 0 Å². The van der Waals surface area contributed by atoms with Crippen molar-refractivity contribution in [3.8, 4) is 5.75 Å². The number of nitrogens with zero attached hydrogens (tertiary/aromatic N) is 3. The number of hydrogen-bond donors (Lipinski definition) is 1. The summed E-state index contributed by atoms with van der Waals surface area (Å²) in [4.78, 5) is 16.4. The molecule has 164 valence electrons. The molecule has 7 nitrogen and oxygen atoms in total. The maximum absolute atomic E-state index is 13.6. The Balaban J connectivity index is 1.36. The Labute approximate surface area is 190 Å². The van der Waals surface area contributed by atoms with Crippen LogP contribution in [0.25, 0.3) is 0 Å². The molecule has 4 aromatic rings. The largest absolute Gasteiger partial charge is 0.483 e. The van der Waals surface area contributed by atoms with Crippen LogP contribution in [0.1, 0.15) is 21.9 Å². The van der Waals surface area contributed by atoms with E-state index >= 15 is 0 Å². The summed E-state index contributed by atoms with van der Waals surface area (Å²) >= 11 is 12.3. The van der Waals surface area contributed by atoms with Crippen molar-refractivity contribution >= 4 is 35.1 Å². The highest BCUT2D eigenvalue weighted by atomic mass is 35.5.